The first-order valence-corrected chi connectivity index (χ1v) is 7.72. The van der Waals surface area contributed by atoms with Crippen LogP contribution in [0.4, 0.5) is 0 Å². The predicted molar refractivity (Wildman–Crippen MR) is 83.6 cm³/mol. The van der Waals surface area contributed by atoms with Crippen LogP contribution >= 0.6 is 0 Å². The minimum atomic E-state index is 0.210. The number of ether oxygens (including phenoxy) is 1. The van der Waals surface area contributed by atoms with Gasteiger partial charge in [0.1, 0.15) is 0 Å². The number of aliphatic imine (C=N–C) groups is 2. The van der Waals surface area contributed by atoms with E-state index in [0.717, 1.165) is 44.3 Å². The molecule has 116 valence electrons. The van der Waals surface area contributed by atoms with Gasteiger partial charge in [0.15, 0.2) is 11.7 Å². The second-order valence-corrected chi connectivity index (χ2v) is 5.82. The van der Waals surface area contributed by atoms with Crippen molar-refractivity contribution >= 4 is 11.7 Å². The number of nitrogens with zero attached hydrogens (tertiary/aromatic N) is 5. The first-order chi connectivity index (χ1) is 10.8. The van der Waals surface area contributed by atoms with Crippen molar-refractivity contribution in [3.8, 4) is 0 Å². The lowest BCUT2D eigenvalue weighted by atomic mass is 10.1. The monoisotopic (exact) mass is 300 g/mol. The Bertz CT molecular complexity index is 640. The van der Waals surface area contributed by atoms with E-state index >= 15 is 0 Å². The zero-order chi connectivity index (χ0) is 14.9. The summed E-state index contributed by atoms with van der Waals surface area (Å²) in [7, 11) is 1.94. The Morgan fingerprint density at radius 1 is 1.36 bits per heavy atom. The third kappa shape index (κ3) is 2.41. The summed E-state index contributed by atoms with van der Waals surface area (Å²) in [5, 5.41) is 7.52. The summed E-state index contributed by atoms with van der Waals surface area (Å²) < 4.78 is 7.23. The number of aryl methyl sites for hydroxylation is 1. The van der Waals surface area contributed by atoms with Crippen molar-refractivity contribution in [1.82, 2.24) is 20.0 Å². The highest BCUT2D eigenvalue weighted by molar-refractivity contribution is 6.41. The van der Waals surface area contributed by atoms with Gasteiger partial charge >= 0.3 is 0 Å². The van der Waals surface area contributed by atoms with Crippen molar-refractivity contribution < 1.29 is 4.74 Å². The van der Waals surface area contributed by atoms with E-state index in [9.17, 15) is 0 Å². The summed E-state index contributed by atoms with van der Waals surface area (Å²) in [6.45, 7) is 2.33. The Labute approximate surface area is 129 Å². The van der Waals surface area contributed by atoms with E-state index in [0.29, 0.717) is 6.04 Å². The first kappa shape index (κ1) is 13.5. The molecule has 3 aliphatic heterocycles. The second-order valence-electron chi connectivity index (χ2n) is 5.82. The van der Waals surface area contributed by atoms with Gasteiger partial charge in [0.05, 0.1) is 24.8 Å². The maximum absolute atomic E-state index is 5.40. The summed E-state index contributed by atoms with van der Waals surface area (Å²) in [6.07, 6.45) is 9.89. The molecule has 0 spiro atoms. The minimum Gasteiger partial charge on any atom is -0.381 e. The van der Waals surface area contributed by atoms with Crippen LogP contribution in [0.1, 0.15) is 24.4 Å². The molecule has 3 aliphatic rings. The van der Waals surface area contributed by atoms with E-state index in [1.807, 2.05) is 36.5 Å². The molecule has 0 saturated carbocycles. The van der Waals surface area contributed by atoms with Gasteiger partial charge in [-0.3, -0.25) is 14.7 Å². The summed E-state index contributed by atoms with van der Waals surface area (Å²) >= 11 is 0. The molecule has 0 amide bonds. The third-order valence-electron chi connectivity index (χ3n) is 4.27. The largest absolute Gasteiger partial charge is 0.381 e. The van der Waals surface area contributed by atoms with Gasteiger partial charge in [-0.05, 0) is 12.8 Å². The van der Waals surface area contributed by atoms with E-state index in [1.54, 1.807) is 0 Å². The standard InChI is InChI=1S/C15H20N6O/c1-20-10-11(8-18-20)13-9-17-15-14(16-4-5-21(13)15)19-12-2-6-22-7-3-12/h4-5,8,10,12-13H,2-3,6-7,9H2,1H3,(H,16,19). The Balaban J connectivity index is 1.56. The molecule has 0 aliphatic carbocycles. The fraction of sp³-hybridized carbons (Fsp3) is 0.533. The van der Waals surface area contributed by atoms with E-state index in [2.05, 4.69) is 15.3 Å². The van der Waals surface area contributed by atoms with Crippen molar-refractivity contribution in [1.29, 1.82) is 0 Å². The van der Waals surface area contributed by atoms with Gasteiger partial charge in [0.25, 0.3) is 0 Å². The molecule has 1 unspecified atom stereocenters. The number of nitrogens with one attached hydrogen (secondary N) is 1. The molecule has 1 atom stereocenters. The number of hydrogen-bond donors (Lipinski definition) is 1. The van der Waals surface area contributed by atoms with Crippen LogP contribution in [0.15, 0.2) is 34.8 Å². The molecule has 7 nitrogen and oxygen atoms in total. The normalized spacial score (nSPS) is 27.0. The first-order valence-electron chi connectivity index (χ1n) is 7.72. The van der Waals surface area contributed by atoms with Crippen LogP contribution in [0.2, 0.25) is 0 Å². The smallest absolute Gasteiger partial charge is 0.171 e. The lowest BCUT2D eigenvalue weighted by Gasteiger charge is -2.28. The Kier molecular flexibility index (Phi) is 3.42. The summed E-state index contributed by atoms with van der Waals surface area (Å²) in [6, 6.07) is 0.534. The molecule has 7 heteroatoms. The number of rotatable bonds is 2. The molecule has 22 heavy (non-hydrogen) atoms. The minimum absolute atomic E-state index is 0.210. The summed E-state index contributed by atoms with van der Waals surface area (Å²) in [5.41, 5.74) is 1.18. The number of aromatic nitrogens is 2. The van der Waals surface area contributed by atoms with Crippen LogP contribution in [0.3, 0.4) is 0 Å². The van der Waals surface area contributed by atoms with Gasteiger partial charge < -0.3 is 15.0 Å². The van der Waals surface area contributed by atoms with Gasteiger partial charge in [-0.2, -0.15) is 5.10 Å². The van der Waals surface area contributed by atoms with Gasteiger partial charge in [-0.25, -0.2) is 0 Å². The highest BCUT2D eigenvalue weighted by Gasteiger charge is 2.33. The second kappa shape index (κ2) is 5.57. The van der Waals surface area contributed by atoms with Crippen molar-refractivity contribution in [3.05, 3.63) is 30.4 Å². The zero-order valence-corrected chi connectivity index (χ0v) is 12.6. The van der Waals surface area contributed by atoms with Crippen molar-refractivity contribution in [2.24, 2.45) is 17.0 Å². The Morgan fingerprint density at radius 2 is 2.23 bits per heavy atom. The van der Waals surface area contributed by atoms with Crippen LogP contribution in [0.25, 0.3) is 0 Å². The molecule has 1 aromatic heterocycles. The fourth-order valence-corrected chi connectivity index (χ4v) is 3.09. The maximum Gasteiger partial charge on any atom is 0.171 e. The molecule has 1 N–H and O–H groups in total. The average Bonchev–Trinajstić information content (AvgIpc) is 3.15. The van der Waals surface area contributed by atoms with Gasteiger partial charge in [-0.1, -0.05) is 0 Å². The predicted octanol–water partition coefficient (Wildman–Crippen LogP) is 0.827. The topological polar surface area (TPSA) is 67.0 Å². The Morgan fingerprint density at radius 3 is 3.00 bits per heavy atom. The molecule has 0 aromatic carbocycles. The van der Waals surface area contributed by atoms with E-state index in [1.165, 1.54) is 5.56 Å². The van der Waals surface area contributed by atoms with Crippen molar-refractivity contribution in [2.75, 3.05) is 19.8 Å². The lowest BCUT2D eigenvalue weighted by molar-refractivity contribution is 0.0871. The molecular weight excluding hydrogens is 280 g/mol. The van der Waals surface area contributed by atoms with Crippen molar-refractivity contribution in [2.45, 2.75) is 24.9 Å². The number of amidine groups is 2. The summed E-state index contributed by atoms with van der Waals surface area (Å²) in [5.74, 6) is 1.81. The Hall–Kier alpha value is -2.15. The highest BCUT2D eigenvalue weighted by Crippen LogP contribution is 2.28. The van der Waals surface area contributed by atoms with Crippen molar-refractivity contribution in [3.63, 3.8) is 0 Å². The van der Waals surface area contributed by atoms with Crippen LogP contribution < -0.4 is 5.32 Å². The number of fused-ring (bicyclic) bond motifs is 1. The van der Waals surface area contributed by atoms with Crippen LogP contribution in [-0.4, -0.2) is 52.2 Å². The van der Waals surface area contributed by atoms with Gasteiger partial charge in [0.2, 0.25) is 0 Å². The maximum atomic E-state index is 5.40. The SMILES string of the molecule is Cn1cc(C2CN=C3C(=NC4CCOCC4)NC=CN32)cn1. The molecule has 4 heterocycles. The molecule has 1 saturated heterocycles. The molecule has 1 aromatic rings. The average molecular weight is 300 g/mol. The van der Waals surface area contributed by atoms with Crippen LogP contribution in [-0.2, 0) is 11.8 Å². The van der Waals surface area contributed by atoms with E-state index in [4.69, 9.17) is 14.7 Å². The van der Waals surface area contributed by atoms with Gasteiger partial charge in [-0.15, -0.1) is 0 Å². The van der Waals surface area contributed by atoms with E-state index in [-0.39, 0.29) is 6.04 Å². The third-order valence-corrected chi connectivity index (χ3v) is 4.27. The molecular formula is C15H20N6O. The van der Waals surface area contributed by atoms with Crippen LogP contribution in [0.5, 0.6) is 0 Å². The van der Waals surface area contributed by atoms with E-state index < -0.39 is 0 Å². The van der Waals surface area contributed by atoms with Crippen LogP contribution in [0, 0.1) is 0 Å². The zero-order valence-electron chi connectivity index (χ0n) is 12.6. The molecule has 0 radical (unpaired) electrons. The lowest BCUT2D eigenvalue weighted by Crippen LogP contribution is -2.42. The number of hydrogen-bond acceptors (Lipinski definition) is 5. The van der Waals surface area contributed by atoms with Gasteiger partial charge in [0, 0.05) is 44.4 Å². The summed E-state index contributed by atoms with van der Waals surface area (Å²) in [4.78, 5) is 11.7. The quantitative estimate of drug-likeness (QED) is 0.878. The fourth-order valence-electron chi connectivity index (χ4n) is 3.09. The molecule has 1 fully saturated rings. The molecule has 0 bridgehead atoms. The molecule has 4 rings (SSSR count). The highest BCUT2D eigenvalue weighted by atomic mass is 16.5.